The van der Waals surface area contributed by atoms with E-state index in [2.05, 4.69) is 9.62 Å². The molecule has 1 saturated heterocycles. The molecule has 1 aliphatic heterocycles. The second kappa shape index (κ2) is 8.32. The number of nitrogens with zero attached hydrogens (tertiary/aromatic N) is 1. The van der Waals surface area contributed by atoms with Gasteiger partial charge in [-0.1, -0.05) is 0 Å². The summed E-state index contributed by atoms with van der Waals surface area (Å²) in [4.78, 5) is 13.2. The molecule has 0 amide bonds. The lowest BCUT2D eigenvalue weighted by atomic mass is 10.2. The summed E-state index contributed by atoms with van der Waals surface area (Å²) in [6.45, 7) is 3.63. The van der Waals surface area contributed by atoms with E-state index in [4.69, 9.17) is 14.6 Å². The molecular weight excluding hydrogens is 336 g/mol. The Morgan fingerprint density at radius 3 is 2.71 bits per heavy atom. The maximum absolute atomic E-state index is 12.2. The first-order chi connectivity index (χ1) is 11.4. The molecule has 134 valence electrons. The van der Waals surface area contributed by atoms with Gasteiger partial charge < -0.3 is 14.6 Å². The molecule has 24 heavy (non-hydrogen) atoms. The van der Waals surface area contributed by atoms with Gasteiger partial charge in [-0.05, 0) is 31.2 Å². The minimum Gasteiger partial charge on any atom is -0.495 e. The van der Waals surface area contributed by atoms with E-state index < -0.39 is 16.0 Å². The Hall–Kier alpha value is -1.84. The zero-order valence-corrected chi connectivity index (χ0v) is 14.3. The first-order valence-corrected chi connectivity index (χ1v) is 9.28. The van der Waals surface area contributed by atoms with Crippen molar-refractivity contribution in [2.45, 2.75) is 6.42 Å². The quantitative estimate of drug-likeness (QED) is 0.710. The monoisotopic (exact) mass is 358 g/mol. The average molecular weight is 358 g/mol. The molecule has 0 atom stereocenters. The molecule has 1 heterocycles. The number of morpholine rings is 1. The van der Waals surface area contributed by atoms with Gasteiger partial charge in [0.1, 0.15) is 5.75 Å². The third-order valence-electron chi connectivity index (χ3n) is 3.70. The van der Waals surface area contributed by atoms with Crippen molar-refractivity contribution in [1.82, 2.24) is 4.90 Å². The van der Waals surface area contributed by atoms with Crippen LogP contribution in [-0.4, -0.2) is 70.1 Å². The molecule has 0 aliphatic carbocycles. The number of rotatable bonds is 8. The molecule has 8 nitrogen and oxygen atoms in total. The lowest BCUT2D eigenvalue weighted by molar-refractivity contribution is 0.0381. The van der Waals surface area contributed by atoms with Crippen LogP contribution in [0.5, 0.6) is 5.75 Å². The summed E-state index contributed by atoms with van der Waals surface area (Å²) in [6.07, 6.45) is 0.482. The number of aromatic carboxylic acids is 1. The van der Waals surface area contributed by atoms with E-state index in [0.29, 0.717) is 26.2 Å². The second-order valence-electron chi connectivity index (χ2n) is 5.45. The van der Waals surface area contributed by atoms with Crippen molar-refractivity contribution in [3.05, 3.63) is 23.8 Å². The van der Waals surface area contributed by atoms with E-state index in [1.54, 1.807) is 0 Å². The maximum Gasteiger partial charge on any atom is 0.335 e. The number of anilines is 1. The fourth-order valence-electron chi connectivity index (χ4n) is 2.44. The van der Waals surface area contributed by atoms with E-state index in [9.17, 15) is 13.2 Å². The van der Waals surface area contributed by atoms with Crippen LogP contribution in [0.15, 0.2) is 18.2 Å². The zero-order valence-electron chi connectivity index (χ0n) is 13.5. The summed E-state index contributed by atoms with van der Waals surface area (Å²) in [6, 6.07) is 4.03. The van der Waals surface area contributed by atoms with Crippen molar-refractivity contribution < 1.29 is 27.8 Å². The van der Waals surface area contributed by atoms with Gasteiger partial charge in [-0.3, -0.25) is 9.62 Å². The molecule has 0 unspecified atom stereocenters. The van der Waals surface area contributed by atoms with Gasteiger partial charge in [-0.15, -0.1) is 0 Å². The van der Waals surface area contributed by atoms with E-state index in [-0.39, 0.29) is 22.8 Å². The Bertz CT molecular complexity index is 671. The van der Waals surface area contributed by atoms with E-state index in [0.717, 1.165) is 13.1 Å². The third kappa shape index (κ3) is 5.36. The molecule has 2 N–H and O–H groups in total. The molecule has 1 aromatic carbocycles. The number of ether oxygens (including phenoxy) is 2. The van der Waals surface area contributed by atoms with Crippen LogP contribution in [0.25, 0.3) is 0 Å². The molecule has 9 heteroatoms. The van der Waals surface area contributed by atoms with E-state index in [1.165, 1.54) is 25.3 Å². The van der Waals surface area contributed by atoms with Crippen LogP contribution in [0.4, 0.5) is 5.69 Å². The van der Waals surface area contributed by atoms with Gasteiger partial charge >= 0.3 is 5.97 Å². The van der Waals surface area contributed by atoms with Crippen molar-refractivity contribution >= 4 is 21.7 Å². The van der Waals surface area contributed by atoms with Crippen LogP contribution in [0.3, 0.4) is 0 Å². The summed E-state index contributed by atoms with van der Waals surface area (Å²) >= 11 is 0. The average Bonchev–Trinajstić information content (AvgIpc) is 2.55. The molecular formula is C15H22N2O6S. The number of nitrogens with one attached hydrogen (secondary N) is 1. The zero-order chi connectivity index (χ0) is 17.6. The summed E-state index contributed by atoms with van der Waals surface area (Å²) in [5.74, 6) is -0.910. The second-order valence-corrected chi connectivity index (χ2v) is 7.29. The Morgan fingerprint density at radius 1 is 1.38 bits per heavy atom. The molecule has 1 aliphatic rings. The van der Waals surface area contributed by atoms with Gasteiger partial charge in [0.2, 0.25) is 10.0 Å². The van der Waals surface area contributed by atoms with Crippen molar-refractivity contribution in [3.8, 4) is 5.75 Å². The first kappa shape index (κ1) is 18.5. The lowest BCUT2D eigenvalue weighted by Crippen LogP contribution is -2.37. The highest BCUT2D eigenvalue weighted by atomic mass is 32.2. The minimum absolute atomic E-state index is 0.0122. The number of hydrogen-bond acceptors (Lipinski definition) is 6. The summed E-state index contributed by atoms with van der Waals surface area (Å²) in [7, 11) is -2.20. The molecule has 0 aromatic heterocycles. The topological polar surface area (TPSA) is 105 Å². The van der Waals surface area contributed by atoms with Gasteiger partial charge in [0.25, 0.3) is 0 Å². The Labute approximate surface area is 141 Å². The highest BCUT2D eigenvalue weighted by Gasteiger charge is 2.17. The summed E-state index contributed by atoms with van der Waals surface area (Å²) in [5.41, 5.74) is 0.116. The molecule has 0 bridgehead atoms. The predicted molar refractivity (Wildman–Crippen MR) is 89.2 cm³/mol. The van der Waals surface area contributed by atoms with Crippen molar-refractivity contribution in [1.29, 1.82) is 0 Å². The third-order valence-corrected chi connectivity index (χ3v) is 5.06. The minimum atomic E-state index is -3.59. The van der Waals surface area contributed by atoms with Gasteiger partial charge in [-0.25, -0.2) is 13.2 Å². The highest BCUT2D eigenvalue weighted by Crippen LogP contribution is 2.26. The maximum atomic E-state index is 12.2. The number of carboxylic acids is 1. The molecule has 0 saturated carbocycles. The van der Waals surface area contributed by atoms with Crippen LogP contribution >= 0.6 is 0 Å². The molecule has 1 aromatic rings. The van der Waals surface area contributed by atoms with Crippen molar-refractivity contribution in [3.63, 3.8) is 0 Å². The Balaban J connectivity index is 1.97. The van der Waals surface area contributed by atoms with E-state index in [1.807, 2.05) is 0 Å². The smallest absolute Gasteiger partial charge is 0.335 e. The molecule has 0 radical (unpaired) electrons. The van der Waals surface area contributed by atoms with Gasteiger partial charge in [0.05, 0.1) is 37.3 Å². The largest absolute Gasteiger partial charge is 0.495 e. The standard InChI is InChI=1S/C15H22N2O6S/c1-22-14-4-3-12(15(18)19)11-13(14)16-24(20,21)10-2-5-17-6-8-23-9-7-17/h3-4,11,16H,2,5-10H2,1H3,(H,18,19). The number of hydrogen-bond donors (Lipinski definition) is 2. The number of methoxy groups -OCH3 is 1. The first-order valence-electron chi connectivity index (χ1n) is 7.63. The Morgan fingerprint density at radius 2 is 2.08 bits per heavy atom. The van der Waals surface area contributed by atoms with Crippen molar-refractivity contribution in [2.75, 3.05) is 50.4 Å². The van der Waals surface area contributed by atoms with E-state index >= 15 is 0 Å². The summed E-state index contributed by atoms with van der Waals surface area (Å²) in [5, 5.41) is 9.02. The highest BCUT2D eigenvalue weighted by molar-refractivity contribution is 7.92. The fraction of sp³-hybridized carbons (Fsp3) is 0.533. The van der Waals surface area contributed by atoms with Crippen LogP contribution in [0, 0.1) is 0 Å². The number of benzene rings is 1. The fourth-order valence-corrected chi connectivity index (χ4v) is 3.55. The molecule has 0 spiro atoms. The summed E-state index contributed by atoms with van der Waals surface area (Å²) < 4.78 is 37.2. The lowest BCUT2D eigenvalue weighted by Gasteiger charge is -2.26. The van der Waals surface area contributed by atoms with Crippen molar-refractivity contribution in [2.24, 2.45) is 0 Å². The predicted octanol–water partition coefficient (Wildman–Crippen LogP) is 0.857. The normalized spacial score (nSPS) is 15.9. The molecule has 1 fully saturated rings. The van der Waals surface area contributed by atoms with Crippen LogP contribution in [0.1, 0.15) is 16.8 Å². The van der Waals surface area contributed by atoms with Crippen LogP contribution in [0.2, 0.25) is 0 Å². The van der Waals surface area contributed by atoms with Gasteiger partial charge in [-0.2, -0.15) is 0 Å². The van der Waals surface area contributed by atoms with Crippen LogP contribution < -0.4 is 9.46 Å². The number of carboxylic acid groups (broad SMARTS) is 1. The number of carbonyl (C=O) groups is 1. The Kier molecular flexibility index (Phi) is 6.41. The number of sulfonamides is 1. The van der Waals surface area contributed by atoms with Gasteiger partial charge in [0.15, 0.2) is 0 Å². The van der Waals surface area contributed by atoms with Crippen LogP contribution in [-0.2, 0) is 14.8 Å². The van der Waals surface area contributed by atoms with Gasteiger partial charge in [0, 0.05) is 13.1 Å². The SMILES string of the molecule is COc1ccc(C(=O)O)cc1NS(=O)(=O)CCCN1CCOCC1. The molecule has 2 rings (SSSR count).